The summed E-state index contributed by atoms with van der Waals surface area (Å²) in [5.74, 6) is -0.744. The minimum Gasteiger partial charge on any atom is -0.283 e. The third-order valence-corrected chi connectivity index (χ3v) is 4.62. The molecule has 144 valence electrons. The highest BCUT2D eigenvalue weighted by atomic mass is 32.2. The van der Waals surface area contributed by atoms with E-state index in [0.29, 0.717) is 18.2 Å². The third kappa shape index (κ3) is 5.37. The van der Waals surface area contributed by atoms with E-state index in [4.69, 9.17) is 5.26 Å². The monoisotopic (exact) mass is 408 g/mol. The van der Waals surface area contributed by atoms with Crippen molar-refractivity contribution < 1.29 is 34.8 Å². The average Bonchev–Trinajstić information content (AvgIpc) is 2.52. The van der Waals surface area contributed by atoms with Crippen LogP contribution in [0, 0.1) is 11.3 Å². The molecule has 0 bridgehead atoms. The summed E-state index contributed by atoms with van der Waals surface area (Å²) in [5, 5.41) is 8.71. The maximum atomic E-state index is 12.9. The van der Waals surface area contributed by atoms with E-state index in [2.05, 4.69) is 0 Å². The van der Waals surface area contributed by atoms with E-state index in [0.717, 1.165) is 24.3 Å². The zero-order chi connectivity index (χ0) is 20.5. The van der Waals surface area contributed by atoms with Gasteiger partial charge in [0, 0.05) is 5.69 Å². The molecule has 11 heteroatoms. The second-order valence-electron chi connectivity index (χ2n) is 5.43. The molecule has 1 N–H and O–H groups in total. The molecule has 0 aliphatic carbocycles. The van der Waals surface area contributed by atoms with E-state index < -0.39 is 50.5 Å². The fourth-order valence-corrected chi connectivity index (χ4v) is 3.35. The Bertz CT molecular complexity index is 974. The van der Waals surface area contributed by atoms with Crippen LogP contribution in [0.25, 0.3) is 0 Å². The van der Waals surface area contributed by atoms with Gasteiger partial charge in [0.2, 0.25) is 10.0 Å². The minimum atomic E-state index is -4.86. The van der Waals surface area contributed by atoms with Crippen LogP contribution < -0.4 is 4.72 Å². The van der Waals surface area contributed by atoms with E-state index in [9.17, 15) is 34.8 Å². The average molecular weight is 408 g/mol. The van der Waals surface area contributed by atoms with Gasteiger partial charge in [-0.15, -0.1) is 0 Å². The second-order valence-corrected chi connectivity index (χ2v) is 7.15. The van der Waals surface area contributed by atoms with E-state index in [-0.39, 0.29) is 5.56 Å². The van der Waals surface area contributed by atoms with E-state index in [1.165, 1.54) is 6.07 Å². The van der Waals surface area contributed by atoms with Gasteiger partial charge in [-0.25, -0.2) is 8.42 Å². The van der Waals surface area contributed by atoms with E-state index in [1.807, 2.05) is 4.72 Å². The fraction of sp³-hybridized carbons (Fsp3) is 0.188. The lowest BCUT2D eigenvalue weighted by molar-refractivity contribution is -0.138. The molecule has 0 radical (unpaired) electrons. The van der Waals surface area contributed by atoms with Crippen molar-refractivity contribution in [1.29, 1.82) is 5.26 Å². The molecular weight excluding hydrogens is 398 g/mol. The van der Waals surface area contributed by atoms with Gasteiger partial charge in [0.25, 0.3) is 0 Å². The Labute approximate surface area is 150 Å². The van der Waals surface area contributed by atoms with Crippen molar-refractivity contribution in [3.8, 4) is 6.07 Å². The predicted molar refractivity (Wildman–Crippen MR) is 83.8 cm³/mol. The molecule has 0 amide bonds. The topological polar surface area (TPSA) is 70.0 Å². The minimum absolute atomic E-state index is 0.0141. The predicted octanol–water partition coefficient (Wildman–Crippen LogP) is 4.54. The Morgan fingerprint density at radius 2 is 1.52 bits per heavy atom. The summed E-state index contributed by atoms with van der Waals surface area (Å²) >= 11 is 0. The van der Waals surface area contributed by atoms with Gasteiger partial charge in [0.15, 0.2) is 0 Å². The second kappa shape index (κ2) is 7.11. The van der Waals surface area contributed by atoms with E-state index >= 15 is 0 Å². The number of hydrogen-bond donors (Lipinski definition) is 1. The zero-order valence-electron chi connectivity index (χ0n) is 13.2. The van der Waals surface area contributed by atoms with Crippen molar-refractivity contribution in [3.63, 3.8) is 0 Å². The number of benzene rings is 2. The van der Waals surface area contributed by atoms with Gasteiger partial charge >= 0.3 is 12.4 Å². The van der Waals surface area contributed by atoms with E-state index in [1.54, 1.807) is 0 Å². The lowest BCUT2D eigenvalue weighted by Crippen LogP contribution is -2.16. The maximum Gasteiger partial charge on any atom is 0.417 e. The zero-order valence-corrected chi connectivity index (χ0v) is 14.0. The first-order valence-corrected chi connectivity index (χ1v) is 8.75. The van der Waals surface area contributed by atoms with Crippen LogP contribution in [0.4, 0.5) is 32.0 Å². The summed E-state index contributed by atoms with van der Waals surface area (Å²) in [4.78, 5) is 0. The summed E-state index contributed by atoms with van der Waals surface area (Å²) in [5.41, 5.74) is -3.35. The van der Waals surface area contributed by atoms with Crippen molar-refractivity contribution in [3.05, 3.63) is 64.7 Å². The first-order valence-electron chi connectivity index (χ1n) is 7.10. The highest BCUT2D eigenvalue weighted by Gasteiger charge is 2.34. The number of rotatable bonds is 4. The Balaban J connectivity index is 2.23. The SMILES string of the molecule is N#Cc1ccc(NS(=O)(=O)Cc2ccc(C(F)(F)F)cc2)cc1C(F)(F)F. The maximum absolute atomic E-state index is 12.9. The van der Waals surface area contributed by atoms with Crippen LogP contribution in [0.2, 0.25) is 0 Å². The molecule has 27 heavy (non-hydrogen) atoms. The number of sulfonamides is 1. The molecule has 0 saturated heterocycles. The lowest BCUT2D eigenvalue weighted by Gasteiger charge is -2.13. The standard InChI is InChI=1S/C16H10F6N2O2S/c17-15(18,19)12-4-1-10(2-5-12)9-27(25,26)24-13-6-3-11(8-23)14(7-13)16(20,21)22/h1-7,24H,9H2. The number of hydrogen-bond acceptors (Lipinski definition) is 3. The van der Waals surface area contributed by atoms with Crippen LogP contribution in [0.5, 0.6) is 0 Å². The summed E-state index contributed by atoms with van der Waals surface area (Å²) in [7, 11) is -4.20. The van der Waals surface area contributed by atoms with Crippen molar-refractivity contribution in [2.75, 3.05) is 4.72 Å². The molecule has 0 saturated carbocycles. The van der Waals surface area contributed by atoms with Gasteiger partial charge in [0.1, 0.15) is 0 Å². The highest BCUT2D eigenvalue weighted by Crippen LogP contribution is 2.34. The molecule has 0 aliphatic heterocycles. The van der Waals surface area contributed by atoms with Crippen LogP contribution in [0.3, 0.4) is 0 Å². The van der Waals surface area contributed by atoms with Crippen LogP contribution in [-0.2, 0) is 28.1 Å². The molecule has 0 unspecified atom stereocenters. The number of alkyl halides is 6. The molecule has 0 spiro atoms. The van der Waals surface area contributed by atoms with Crippen LogP contribution in [0.1, 0.15) is 22.3 Å². The molecule has 0 aliphatic rings. The van der Waals surface area contributed by atoms with Gasteiger partial charge in [-0.2, -0.15) is 31.6 Å². The smallest absolute Gasteiger partial charge is 0.283 e. The summed E-state index contributed by atoms with van der Waals surface area (Å²) in [6.07, 6.45) is -9.44. The molecule has 0 fully saturated rings. The summed E-state index contributed by atoms with van der Waals surface area (Å²) < 4.78 is 102. The normalized spacial score (nSPS) is 12.5. The van der Waals surface area contributed by atoms with Crippen LogP contribution in [-0.4, -0.2) is 8.42 Å². The lowest BCUT2D eigenvalue weighted by atomic mass is 10.1. The first-order chi connectivity index (χ1) is 12.3. The molecule has 2 rings (SSSR count). The van der Waals surface area contributed by atoms with Gasteiger partial charge in [0.05, 0.1) is 28.5 Å². The van der Waals surface area contributed by atoms with Crippen molar-refractivity contribution >= 4 is 15.7 Å². The molecule has 4 nitrogen and oxygen atoms in total. The number of halogens is 6. The largest absolute Gasteiger partial charge is 0.417 e. The Hall–Kier alpha value is -2.74. The van der Waals surface area contributed by atoms with Gasteiger partial charge in [-0.3, -0.25) is 4.72 Å². The van der Waals surface area contributed by atoms with Crippen molar-refractivity contribution in [2.45, 2.75) is 18.1 Å². The number of nitriles is 1. The molecular formula is C16H10F6N2O2S. The quantitative estimate of drug-likeness (QED) is 0.756. The first kappa shape index (κ1) is 20.6. The third-order valence-electron chi connectivity index (χ3n) is 3.36. The molecule has 2 aromatic rings. The molecule has 2 aromatic carbocycles. The summed E-state index contributed by atoms with van der Waals surface area (Å²) in [6, 6.07) is 6.96. The number of anilines is 1. The summed E-state index contributed by atoms with van der Waals surface area (Å²) in [6.45, 7) is 0. The highest BCUT2D eigenvalue weighted by molar-refractivity contribution is 7.91. The Morgan fingerprint density at radius 1 is 0.926 bits per heavy atom. The molecule has 0 atom stereocenters. The molecule has 0 aromatic heterocycles. The van der Waals surface area contributed by atoms with Gasteiger partial charge in [-0.05, 0) is 35.9 Å². The van der Waals surface area contributed by atoms with Crippen molar-refractivity contribution in [2.24, 2.45) is 0 Å². The fourth-order valence-electron chi connectivity index (χ4n) is 2.16. The Morgan fingerprint density at radius 3 is 2.00 bits per heavy atom. The van der Waals surface area contributed by atoms with Crippen molar-refractivity contribution in [1.82, 2.24) is 0 Å². The van der Waals surface area contributed by atoms with Crippen LogP contribution >= 0.6 is 0 Å². The van der Waals surface area contributed by atoms with Crippen LogP contribution in [0.15, 0.2) is 42.5 Å². The van der Waals surface area contributed by atoms with Gasteiger partial charge in [-0.1, -0.05) is 12.1 Å². The number of nitrogens with zero attached hydrogens (tertiary/aromatic N) is 1. The number of nitrogens with one attached hydrogen (secondary N) is 1. The Kier molecular flexibility index (Phi) is 5.42. The van der Waals surface area contributed by atoms with Gasteiger partial charge < -0.3 is 0 Å². The molecule has 0 heterocycles.